The van der Waals surface area contributed by atoms with Crippen molar-refractivity contribution in [1.29, 1.82) is 0 Å². The van der Waals surface area contributed by atoms with E-state index < -0.39 is 0 Å². The lowest BCUT2D eigenvalue weighted by Gasteiger charge is -2.04. The molecule has 2 rings (SSSR count). The predicted octanol–water partition coefficient (Wildman–Crippen LogP) is 1.90. The Morgan fingerprint density at radius 1 is 0.800 bits per heavy atom. The lowest BCUT2D eigenvalue weighted by Crippen LogP contribution is -1.92. The largest absolute Gasteiger partial charge is 0.497 e. The summed E-state index contributed by atoms with van der Waals surface area (Å²) in [5.74, 6) is 7.75. The van der Waals surface area contributed by atoms with Gasteiger partial charge in [-0.05, 0) is 24.1 Å². The highest BCUT2D eigenvalue weighted by Gasteiger charge is 2.00. The van der Waals surface area contributed by atoms with E-state index in [0.29, 0.717) is 23.1 Å². The van der Waals surface area contributed by atoms with E-state index >= 15 is 0 Å². The number of aromatic nitrogens is 2. The maximum atomic E-state index is 5.19. The zero-order chi connectivity index (χ0) is 14.4. The molecule has 0 fully saturated rings. The third kappa shape index (κ3) is 3.39. The van der Waals surface area contributed by atoms with Gasteiger partial charge in [0, 0.05) is 17.7 Å². The Kier molecular flexibility index (Phi) is 4.40. The second-order valence-electron chi connectivity index (χ2n) is 3.81. The minimum absolute atomic E-state index is 0.457. The molecule has 0 unspecified atom stereocenters. The van der Waals surface area contributed by atoms with Crippen LogP contribution >= 0.6 is 0 Å². The molecular weight excluding hydrogens is 256 g/mol. The van der Waals surface area contributed by atoms with Crippen molar-refractivity contribution in [2.45, 2.75) is 0 Å². The Bertz CT molecular complexity index is 620. The molecule has 1 heterocycles. The van der Waals surface area contributed by atoms with Gasteiger partial charge in [-0.15, -0.1) is 10.2 Å². The van der Waals surface area contributed by atoms with Crippen LogP contribution < -0.4 is 14.2 Å². The highest BCUT2D eigenvalue weighted by atomic mass is 16.5. The maximum Gasteiger partial charge on any atom is 0.233 e. The van der Waals surface area contributed by atoms with Crippen molar-refractivity contribution in [3.63, 3.8) is 0 Å². The van der Waals surface area contributed by atoms with Gasteiger partial charge in [-0.3, -0.25) is 0 Å². The van der Waals surface area contributed by atoms with Crippen molar-refractivity contribution in [3.8, 4) is 29.2 Å². The maximum absolute atomic E-state index is 5.19. The zero-order valence-electron chi connectivity index (χ0n) is 11.5. The van der Waals surface area contributed by atoms with Crippen LogP contribution in [0.1, 0.15) is 11.3 Å². The van der Waals surface area contributed by atoms with Crippen LogP contribution in [0.3, 0.4) is 0 Å². The van der Waals surface area contributed by atoms with Gasteiger partial charge in [0.15, 0.2) is 0 Å². The van der Waals surface area contributed by atoms with E-state index in [2.05, 4.69) is 22.0 Å². The van der Waals surface area contributed by atoms with Gasteiger partial charge < -0.3 is 14.2 Å². The lowest BCUT2D eigenvalue weighted by molar-refractivity contribution is 0.391. The van der Waals surface area contributed by atoms with Crippen molar-refractivity contribution >= 4 is 0 Å². The van der Waals surface area contributed by atoms with Crippen LogP contribution in [0.4, 0.5) is 0 Å². The molecule has 0 spiro atoms. The van der Waals surface area contributed by atoms with E-state index in [1.165, 1.54) is 7.11 Å². The van der Waals surface area contributed by atoms with E-state index in [4.69, 9.17) is 14.2 Å². The fraction of sp³-hybridized carbons (Fsp3) is 0.200. The number of nitrogens with zero attached hydrogens (tertiary/aromatic N) is 2. The first-order valence-electron chi connectivity index (χ1n) is 5.88. The summed E-state index contributed by atoms with van der Waals surface area (Å²) in [5.41, 5.74) is 1.34. The molecule has 1 aromatic heterocycles. The Morgan fingerprint density at radius 2 is 1.50 bits per heavy atom. The molecule has 0 saturated heterocycles. The molecule has 20 heavy (non-hydrogen) atoms. The summed E-state index contributed by atoms with van der Waals surface area (Å²) >= 11 is 0. The van der Waals surface area contributed by atoms with Gasteiger partial charge in [0.2, 0.25) is 5.88 Å². The monoisotopic (exact) mass is 270 g/mol. The van der Waals surface area contributed by atoms with E-state index in [1.807, 2.05) is 12.1 Å². The Hall–Kier alpha value is -2.74. The smallest absolute Gasteiger partial charge is 0.233 e. The normalized spacial score (nSPS) is 9.35. The number of ether oxygens (including phenoxy) is 3. The molecule has 0 amide bonds. The number of methoxy groups -OCH3 is 3. The summed E-state index contributed by atoms with van der Waals surface area (Å²) in [4.78, 5) is 0. The Morgan fingerprint density at radius 3 is 2.00 bits per heavy atom. The minimum Gasteiger partial charge on any atom is -0.497 e. The topological polar surface area (TPSA) is 53.5 Å². The van der Waals surface area contributed by atoms with Gasteiger partial charge in [0.1, 0.15) is 17.2 Å². The first kappa shape index (κ1) is 13.7. The number of benzene rings is 1. The van der Waals surface area contributed by atoms with Crippen molar-refractivity contribution in [1.82, 2.24) is 10.2 Å². The van der Waals surface area contributed by atoms with Gasteiger partial charge in [0.25, 0.3) is 0 Å². The van der Waals surface area contributed by atoms with Gasteiger partial charge in [-0.1, -0.05) is 5.92 Å². The van der Waals surface area contributed by atoms with Crippen molar-refractivity contribution < 1.29 is 14.2 Å². The highest BCUT2D eigenvalue weighted by Crippen LogP contribution is 2.21. The molecule has 0 bridgehead atoms. The molecule has 0 aliphatic heterocycles. The predicted molar refractivity (Wildman–Crippen MR) is 74.1 cm³/mol. The number of rotatable bonds is 3. The molecule has 5 heteroatoms. The standard InChI is InChI=1S/C15H14N2O3/c1-18-13-8-11(9-14(10-13)19-2)4-5-12-6-7-15(20-3)17-16-12/h6-10H,1-3H3. The molecule has 0 atom stereocenters. The third-order valence-corrected chi connectivity index (χ3v) is 2.54. The second kappa shape index (κ2) is 6.43. The first-order valence-corrected chi connectivity index (χ1v) is 5.88. The van der Waals surface area contributed by atoms with E-state index in [-0.39, 0.29) is 0 Å². The highest BCUT2D eigenvalue weighted by molar-refractivity contribution is 5.48. The first-order chi connectivity index (χ1) is 9.75. The van der Waals surface area contributed by atoms with Crippen LogP contribution in [-0.4, -0.2) is 31.5 Å². The molecular formula is C15H14N2O3. The van der Waals surface area contributed by atoms with Crippen molar-refractivity contribution in [3.05, 3.63) is 41.6 Å². The van der Waals surface area contributed by atoms with Crippen LogP contribution in [0.15, 0.2) is 30.3 Å². The van der Waals surface area contributed by atoms with E-state index in [9.17, 15) is 0 Å². The fourth-order valence-corrected chi connectivity index (χ4v) is 1.51. The summed E-state index contributed by atoms with van der Waals surface area (Å²) in [5, 5.41) is 7.79. The van der Waals surface area contributed by atoms with Crippen molar-refractivity contribution in [2.24, 2.45) is 0 Å². The molecule has 5 nitrogen and oxygen atoms in total. The van der Waals surface area contributed by atoms with Crippen molar-refractivity contribution in [2.75, 3.05) is 21.3 Å². The molecule has 0 aliphatic carbocycles. The lowest BCUT2D eigenvalue weighted by atomic mass is 10.2. The number of hydrogen-bond donors (Lipinski definition) is 0. The zero-order valence-corrected chi connectivity index (χ0v) is 11.5. The average molecular weight is 270 g/mol. The SMILES string of the molecule is COc1cc(C#Cc2ccc(OC)nn2)cc(OC)c1. The molecule has 2 aromatic rings. The molecule has 0 aliphatic rings. The molecule has 0 radical (unpaired) electrons. The minimum atomic E-state index is 0.457. The Balaban J connectivity index is 2.26. The van der Waals surface area contributed by atoms with Gasteiger partial charge in [0.05, 0.1) is 21.3 Å². The second-order valence-corrected chi connectivity index (χ2v) is 3.81. The summed E-state index contributed by atoms with van der Waals surface area (Å²) in [6.07, 6.45) is 0. The van der Waals surface area contributed by atoms with E-state index in [1.54, 1.807) is 32.4 Å². The van der Waals surface area contributed by atoms with Crippen LogP contribution in [0.2, 0.25) is 0 Å². The molecule has 102 valence electrons. The Labute approximate surface area is 117 Å². The van der Waals surface area contributed by atoms with Crippen LogP contribution in [-0.2, 0) is 0 Å². The molecule has 1 aromatic carbocycles. The van der Waals surface area contributed by atoms with Crippen LogP contribution in [0.5, 0.6) is 17.4 Å². The molecule has 0 saturated carbocycles. The fourth-order valence-electron chi connectivity index (χ4n) is 1.51. The summed E-state index contributed by atoms with van der Waals surface area (Å²) < 4.78 is 15.3. The van der Waals surface area contributed by atoms with Crippen LogP contribution in [0.25, 0.3) is 0 Å². The van der Waals surface area contributed by atoms with Gasteiger partial charge >= 0.3 is 0 Å². The molecule has 0 N–H and O–H groups in total. The summed E-state index contributed by atoms with van der Waals surface area (Å²) in [6.45, 7) is 0. The van der Waals surface area contributed by atoms with Crippen LogP contribution in [0, 0.1) is 11.8 Å². The summed E-state index contributed by atoms with van der Waals surface area (Å²) in [7, 11) is 4.74. The number of hydrogen-bond acceptors (Lipinski definition) is 5. The summed E-state index contributed by atoms with van der Waals surface area (Å²) in [6, 6.07) is 8.90. The van der Waals surface area contributed by atoms with Gasteiger partial charge in [-0.25, -0.2) is 0 Å². The van der Waals surface area contributed by atoms with Gasteiger partial charge in [-0.2, -0.15) is 0 Å². The quantitative estimate of drug-likeness (QED) is 0.797. The third-order valence-electron chi connectivity index (χ3n) is 2.54. The average Bonchev–Trinajstić information content (AvgIpc) is 2.53. The van der Waals surface area contributed by atoms with E-state index in [0.717, 1.165) is 5.56 Å².